The predicted octanol–water partition coefficient (Wildman–Crippen LogP) is 6.94. The highest BCUT2D eigenvalue weighted by Crippen LogP contribution is 2.31. The van der Waals surface area contributed by atoms with Crippen LogP contribution in [0.25, 0.3) is 0 Å². The first-order valence-corrected chi connectivity index (χ1v) is 17.2. The van der Waals surface area contributed by atoms with E-state index < -0.39 is 35.6 Å². The highest BCUT2D eigenvalue weighted by molar-refractivity contribution is 9.10. The third kappa shape index (κ3) is 7.33. The summed E-state index contributed by atoms with van der Waals surface area (Å²) in [4.78, 5) is 84.1. The number of hydrogen-bond donors (Lipinski definition) is 0. The number of rotatable bonds is 8. The van der Waals surface area contributed by atoms with E-state index in [1.165, 1.54) is 6.07 Å². The van der Waals surface area contributed by atoms with Crippen LogP contribution in [0.5, 0.6) is 0 Å². The van der Waals surface area contributed by atoms with E-state index in [1.54, 1.807) is 68.4 Å². The number of aromatic nitrogens is 2. The summed E-state index contributed by atoms with van der Waals surface area (Å²) in [5.74, 6) is -2.91. The fourth-order valence-corrected chi connectivity index (χ4v) is 6.23. The first-order chi connectivity index (χ1) is 23.9. The standard InChI is InChI=1S/2C17H12BrClN2O4/c1-2-25-17(24)14-13(19)12(18)7-9(20-14)8-21-15(22)10-5-3-4-6-11(10)16(21)23;1-2-25-17(24)12-7-11(18)14(19)13(20-12)8-21-15(22)9-5-3-4-6-10(9)16(21)23/h2*3-7H,2,8H2,1H3. The number of halogens is 4. The van der Waals surface area contributed by atoms with Crippen molar-refractivity contribution in [1.82, 2.24) is 19.8 Å². The fraction of sp³-hybridized carbons (Fsp3) is 0.176. The molecule has 2 aliphatic heterocycles. The number of hydrogen-bond acceptors (Lipinski definition) is 10. The smallest absolute Gasteiger partial charge is 0.358 e. The Bertz CT molecular complexity index is 2020. The van der Waals surface area contributed by atoms with Gasteiger partial charge in [-0.3, -0.25) is 29.0 Å². The number of amides is 4. The van der Waals surface area contributed by atoms with E-state index in [9.17, 15) is 28.8 Å². The van der Waals surface area contributed by atoms with Gasteiger partial charge >= 0.3 is 11.9 Å². The van der Waals surface area contributed by atoms with Gasteiger partial charge in [0.15, 0.2) is 5.69 Å². The highest BCUT2D eigenvalue weighted by atomic mass is 79.9. The van der Waals surface area contributed by atoms with Gasteiger partial charge < -0.3 is 9.47 Å². The molecule has 2 aromatic heterocycles. The van der Waals surface area contributed by atoms with E-state index in [2.05, 4.69) is 41.8 Å². The van der Waals surface area contributed by atoms with Crippen molar-refractivity contribution in [2.45, 2.75) is 26.9 Å². The van der Waals surface area contributed by atoms with Crippen molar-refractivity contribution >= 4 is 90.6 Å². The molecule has 2 aliphatic rings. The maximum atomic E-state index is 12.5. The zero-order valence-electron chi connectivity index (χ0n) is 26.2. The molecule has 0 radical (unpaired) electrons. The van der Waals surface area contributed by atoms with Crippen molar-refractivity contribution < 1.29 is 38.2 Å². The molecular formula is C34H24Br2Cl2N4O8. The molecule has 4 aromatic rings. The first-order valence-electron chi connectivity index (χ1n) is 14.8. The summed E-state index contributed by atoms with van der Waals surface area (Å²) in [5, 5.41) is 0.342. The average Bonchev–Trinajstić information content (AvgIpc) is 3.49. The third-order valence-corrected chi connectivity index (χ3v) is 9.80. The zero-order valence-corrected chi connectivity index (χ0v) is 30.9. The average molecular weight is 847 g/mol. The molecule has 6 rings (SSSR count). The molecule has 0 aliphatic carbocycles. The van der Waals surface area contributed by atoms with Crippen LogP contribution in [-0.4, -0.2) is 68.5 Å². The highest BCUT2D eigenvalue weighted by Gasteiger charge is 2.37. The number of imide groups is 2. The van der Waals surface area contributed by atoms with Crippen LogP contribution in [0.1, 0.15) is 87.6 Å². The molecule has 256 valence electrons. The van der Waals surface area contributed by atoms with Gasteiger partial charge in [0.2, 0.25) is 0 Å². The molecule has 0 saturated carbocycles. The molecule has 0 atom stereocenters. The number of carbonyl (C=O) groups is 6. The molecule has 12 nitrogen and oxygen atoms in total. The van der Waals surface area contributed by atoms with Crippen LogP contribution in [0.4, 0.5) is 0 Å². The van der Waals surface area contributed by atoms with Crippen molar-refractivity contribution in [2.24, 2.45) is 0 Å². The summed E-state index contributed by atoms with van der Waals surface area (Å²) in [5.41, 5.74) is 1.93. The van der Waals surface area contributed by atoms with Crippen LogP contribution in [-0.2, 0) is 22.6 Å². The Morgan fingerprint density at radius 2 is 1.10 bits per heavy atom. The largest absolute Gasteiger partial charge is 0.461 e. The predicted molar refractivity (Wildman–Crippen MR) is 187 cm³/mol. The molecule has 16 heteroatoms. The molecule has 0 saturated heterocycles. The van der Waals surface area contributed by atoms with E-state index in [1.807, 2.05) is 0 Å². The Morgan fingerprint density at radius 1 is 0.660 bits per heavy atom. The lowest BCUT2D eigenvalue weighted by Gasteiger charge is -2.15. The molecule has 2 aromatic carbocycles. The summed E-state index contributed by atoms with van der Waals surface area (Å²) in [6, 6.07) is 16.2. The van der Waals surface area contributed by atoms with E-state index in [0.29, 0.717) is 36.9 Å². The molecule has 0 unspecified atom stereocenters. The monoisotopic (exact) mass is 844 g/mol. The molecule has 4 heterocycles. The lowest BCUT2D eigenvalue weighted by atomic mass is 10.1. The number of esters is 2. The van der Waals surface area contributed by atoms with Crippen molar-refractivity contribution in [3.8, 4) is 0 Å². The number of fused-ring (bicyclic) bond motifs is 2. The van der Waals surface area contributed by atoms with Gasteiger partial charge in [-0.1, -0.05) is 47.5 Å². The van der Waals surface area contributed by atoms with Gasteiger partial charge in [-0.15, -0.1) is 0 Å². The Kier molecular flexibility index (Phi) is 11.5. The second-order valence-corrected chi connectivity index (χ2v) is 12.9. The van der Waals surface area contributed by atoms with Crippen LogP contribution in [0, 0.1) is 0 Å². The Labute approximate surface area is 311 Å². The molecule has 0 spiro atoms. The quantitative estimate of drug-likeness (QED) is 0.135. The van der Waals surface area contributed by atoms with Gasteiger partial charge in [-0.05, 0) is 82.1 Å². The molecule has 0 N–H and O–H groups in total. The van der Waals surface area contributed by atoms with E-state index in [0.717, 1.165) is 9.80 Å². The summed E-state index contributed by atoms with van der Waals surface area (Å²) in [7, 11) is 0. The Morgan fingerprint density at radius 3 is 1.58 bits per heavy atom. The fourth-order valence-electron chi connectivity index (χ4n) is 5.00. The Hall–Kier alpha value is -4.50. The Balaban J connectivity index is 0.000000194. The van der Waals surface area contributed by atoms with Crippen LogP contribution >= 0.6 is 55.1 Å². The number of pyridine rings is 2. The lowest BCUT2D eigenvalue weighted by molar-refractivity contribution is 0.0509. The number of benzene rings is 2. The maximum Gasteiger partial charge on any atom is 0.358 e. The number of nitrogens with zero attached hydrogens (tertiary/aromatic N) is 4. The maximum absolute atomic E-state index is 12.5. The van der Waals surface area contributed by atoms with Crippen LogP contribution < -0.4 is 0 Å². The van der Waals surface area contributed by atoms with E-state index in [-0.39, 0.29) is 53.4 Å². The topological polar surface area (TPSA) is 153 Å². The van der Waals surface area contributed by atoms with Gasteiger partial charge in [0.05, 0.1) is 70.0 Å². The van der Waals surface area contributed by atoms with E-state index in [4.69, 9.17) is 32.7 Å². The zero-order chi connectivity index (χ0) is 36.3. The minimum Gasteiger partial charge on any atom is -0.461 e. The number of ether oxygens (including phenoxy) is 2. The summed E-state index contributed by atoms with van der Waals surface area (Å²) in [6.45, 7) is 3.52. The second-order valence-electron chi connectivity index (χ2n) is 10.4. The van der Waals surface area contributed by atoms with Crippen molar-refractivity contribution in [3.05, 3.63) is 125 Å². The SMILES string of the molecule is CCOC(=O)c1cc(Br)c(Cl)c(CN2C(=O)c3ccccc3C2=O)n1.CCOC(=O)c1nc(CN2C(=O)c3ccccc3C2=O)cc(Br)c1Cl. The normalized spacial score (nSPS) is 13.2. The lowest BCUT2D eigenvalue weighted by Crippen LogP contribution is -2.30. The summed E-state index contributed by atoms with van der Waals surface area (Å²) in [6.07, 6.45) is 0. The van der Waals surface area contributed by atoms with Gasteiger partial charge in [0, 0.05) is 8.95 Å². The minimum atomic E-state index is -0.669. The van der Waals surface area contributed by atoms with Gasteiger partial charge in [-0.2, -0.15) is 0 Å². The molecule has 0 fully saturated rings. The van der Waals surface area contributed by atoms with Crippen molar-refractivity contribution in [2.75, 3.05) is 13.2 Å². The third-order valence-electron chi connectivity index (χ3n) is 7.29. The first kappa shape index (κ1) is 36.8. The summed E-state index contributed by atoms with van der Waals surface area (Å²) >= 11 is 18.8. The molecular weight excluding hydrogens is 823 g/mol. The minimum absolute atomic E-state index is 0.0461. The van der Waals surface area contributed by atoms with Gasteiger partial charge in [0.25, 0.3) is 23.6 Å². The second kappa shape index (κ2) is 15.6. The summed E-state index contributed by atoms with van der Waals surface area (Å²) < 4.78 is 10.7. The van der Waals surface area contributed by atoms with E-state index >= 15 is 0 Å². The van der Waals surface area contributed by atoms with Crippen LogP contribution in [0.2, 0.25) is 10.0 Å². The van der Waals surface area contributed by atoms with Gasteiger partial charge in [0.1, 0.15) is 5.69 Å². The molecule has 4 amide bonds. The van der Waals surface area contributed by atoms with Crippen LogP contribution in [0.3, 0.4) is 0 Å². The molecule has 50 heavy (non-hydrogen) atoms. The van der Waals surface area contributed by atoms with Gasteiger partial charge in [-0.25, -0.2) is 19.6 Å². The van der Waals surface area contributed by atoms with Crippen LogP contribution in [0.15, 0.2) is 69.6 Å². The van der Waals surface area contributed by atoms with Crippen molar-refractivity contribution in [3.63, 3.8) is 0 Å². The number of carbonyl (C=O) groups excluding carboxylic acids is 6. The van der Waals surface area contributed by atoms with Crippen molar-refractivity contribution in [1.29, 1.82) is 0 Å². The molecule has 0 bridgehead atoms.